The van der Waals surface area contributed by atoms with Crippen LogP contribution in [0, 0.1) is 35.5 Å². The lowest BCUT2D eigenvalue weighted by Crippen LogP contribution is -2.50. The highest BCUT2D eigenvalue weighted by Crippen LogP contribution is 2.38. The highest BCUT2D eigenvalue weighted by Gasteiger charge is 2.41. The third-order valence-electron chi connectivity index (χ3n) is 12.1. The van der Waals surface area contributed by atoms with Crippen molar-refractivity contribution in [1.82, 2.24) is 0 Å². The lowest BCUT2D eigenvalue weighted by molar-refractivity contribution is -0.254. The third-order valence-corrected chi connectivity index (χ3v) is 12.1. The number of amides is 1. The Balaban J connectivity index is 1.90. The first-order valence-electron chi connectivity index (χ1n) is 20.5. The minimum atomic E-state index is -1.60. The Morgan fingerprint density at radius 3 is 2.41 bits per heavy atom. The van der Waals surface area contributed by atoms with Crippen LogP contribution >= 0.6 is 0 Å². The molecule has 0 saturated carbocycles. The molecule has 0 aromatic rings. The number of hydrogen-bond donors (Lipinski definition) is 4. The zero-order valence-corrected chi connectivity index (χ0v) is 34.4. The summed E-state index contributed by atoms with van der Waals surface area (Å²) in [6, 6.07) is 0. The monoisotopic (exact) mass is 762 g/mol. The number of allylic oxidation sites excluding steroid dienone is 2. The van der Waals surface area contributed by atoms with Crippen LogP contribution in [-0.2, 0) is 28.5 Å². The quantitative estimate of drug-likeness (QED) is 0.159. The molecule has 0 aliphatic carbocycles. The van der Waals surface area contributed by atoms with E-state index in [4.69, 9.17) is 24.7 Å². The Labute approximate surface area is 324 Å². The second-order valence-corrected chi connectivity index (χ2v) is 16.8. The number of aliphatic hydroxyl groups is 3. The second-order valence-electron chi connectivity index (χ2n) is 16.8. The minimum absolute atomic E-state index is 0.0384. The molecule has 3 aliphatic rings. The minimum Gasteiger partial charge on any atom is -0.443 e. The van der Waals surface area contributed by atoms with Crippen LogP contribution < -0.4 is 5.73 Å². The van der Waals surface area contributed by atoms with Crippen LogP contribution in [0.15, 0.2) is 35.5 Å². The topological polar surface area (TPSA) is 175 Å². The molecule has 0 aromatic heterocycles. The number of aliphatic hydroxyl groups excluding tert-OH is 2. The molecular formula is C43H71NO10. The zero-order chi connectivity index (χ0) is 40.3. The van der Waals surface area contributed by atoms with Crippen LogP contribution in [0.2, 0.25) is 0 Å². The number of rotatable bonds is 11. The molecule has 0 spiro atoms. The van der Waals surface area contributed by atoms with Gasteiger partial charge in [0.05, 0.1) is 24.7 Å². The standard InChI is InChI=1S/C43H71NO10/c1-10-34(36(46)11-2)39(47)30(8)21-29(7)35-22-32(45)24-43(50)19-18-27(5)41(54-43)26(4)14-12-13-15-33(17-16-25(3)20-28(35)6)52-38-23-37(53-42(44)49)40(48)31(9)51-38/h14,16-18,25,28-31,33-35,37-41,47-48,50H,10-13,15,19-24H2,1-9H3,(H2,44,49)/b17-16+,26-14+/t25-,28+,29+,30+,31?,33+,34+,35-,37?,38?,39-,40?,41+,43+/m0/s1. The summed E-state index contributed by atoms with van der Waals surface area (Å²) in [7, 11) is 0. The van der Waals surface area contributed by atoms with Crippen molar-refractivity contribution in [2.75, 3.05) is 0 Å². The molecule has 4 unspecified atom stereocenters. The van der Waals surface area contributed by atoms with E-state index in [1.807, 2.05) is 40.7 Å². The van der Waals surface area contributed by atoms with Crippen LogP contribution in [0.3, 0.4) is 0 Å². The number of carbonyl (C=O) groups is 3. The maximum Gasteiger partial charge on any atom is 0.404 e. The molecule has 308 valence electrons. The van der Waals surface area contributed by atoms with E-state index in [9.17, 15) is 29.7 Å². The predicted octanol–water partition coefficient (Wildman–Crippen LogP) is 7.10. The molecule has 5 N–H and O–H groups in total. The van der Waals surface area contributed by atoms with Crippen molar-refractivity contribution in [1.29, 1.82) is 0 Å². The third kappa shape index (κ3) is 13.4. The van der Waals surface area contributed by atoms with Gasteiger partial charge in [0.2, 0.25) is 0 Å². The molecule has 3 heterocycles. The number of fused-ring (bicyclic) bond motifs is 2. The molecule has 1 fully saturated rings. The fraction of sp³-hybridized carbons (Fsp3) is 0.791. The molecule has 2 bridgehead atoms. The van der Waals surface area contributed by atoms with Crippen molar-refractivity contribution in [3.8, 4) is 0 Å². The summed E-state index contributed by atoms with van der Waals surface area (Å²) in [5, 5.41) is 33.4. The smallest absolute Gasteiger partial charge is 0.404 e. The summed E-state index contributed by atoms with van der Waals surface area (Å²) in [6.07, 6.45) is 7.75. The van der Waals surface area contributed by atoms with Crippen LogP contribution in [0.4, 0.5) is 4.79 Å². The van der Waals surface area contributed by atoms with Gasteiger partial charge >= 0.3 is 6.09 Å². The van der Waals surface area contributed by atoms with Gasteiger partial charge in [-0.1, -0.05) is 65.8 Å². The molecule has 14 atom stereocenters. The van der Waals surface area contributed by atoms with Crippen molar-refractivity contribution in [2.45, 2.75) is 182 Å². The highest BCUT2D eigenvalue weighted by molar-refractivity contribution is 5.81. The van der Waals surface area contributed by atoms with Crippen LogP contribution in [0.1, 0.15) is 133 Å². The van der Waals surface area contributed by atoms with E-state index in [1.54, 1.807) is 6.92 Å². The number of ether oxygens (including phenoxy) is 4. The van der Waals surface area contributed by atoms with Gasteiger partial charge in [0.25, 0.3) is 0 Å². The summed E-state index contributed by atoms with van der Waals surface area (Å²) >= 11 is 0. The van der Waals surface area contributed by atoms with E-state index >= 15 is 0 Å². The van der Waals surface area contributed by atoms with Crippen LogP contribution in [0.25, 0.3) is 0 Å². The maximum absolute atomic E-state index is 13.9. The molecule has 11 nitrogen and oxygen atoms in total. The van der Waals surface area contributed by atoms with Gasteiger partial charge in [0.1, 0.15) is 29.9 Å². The molecule has 54 heavy (non-hydrogen) atoms. The van der Waals surface area contributed by atoms with E-state index in [0.29, 0.717) is 25.7 Å². The van der Waals surface area contributed by atoms with E-state index in [2.05, 4.69) is 39.0 Å². The van der Waals surface area contributed by atoms with Crippen LogP contribution in [-0.4, -0.2) is 81.7 Å². The molecule has 11 heteroatoms. The second kappa shape index (κ2) is 21.2. The number of hydrogen-bond acceptors (Lipinski definition) is 10. The van der Waals surface area contributed by atoms with Gasteiger partial charge < -0.3 is 40.0 Å². The molecule has 0 aromatic carbocycles. The molecule has 1 saturated heterocycles. The largest absolute Gasteiger partial charge is 0.443 e. The van der Waals surface area contributed by atoms with Crippen molar-refractivity contribution >= 4 is 17.7 Å². The Bertz CT molecular complexity index is 1330. The van der Waals surface area contributed by atoms with Gasteiger partial charge in [-0.25, -0.2) is 4.79 Å². The van der Waals surface area contributed by atoms with Gasteiger partial charge in [-0.05, 0) is 100 Å². The van der Waals surface area contributed by atoms with Crippen LogP contribution in [0.5, 0.6) is 0 Å². The summed E-state index contributed by atoms with van der Waals surface area (Å²) in [6.45, 7) is 17.9. The van der Waals surface area contributed by atoms with E-state index in [1.165, 1.54) is 0 Å². The highest BCUT2D eigenvalue weighted by atomic mass is 16.7. The van der Waals surface area contributed by atoms with E-state index < -0.39 is 54.6 Å². The summed E-state index contributed by atoms with van der Waals surface area (Å²) in [4.78, 5) is 38.0. The number of Topliss-reactive ketones (excluding diaryl/α,β-unsaturated/α-hetero) is 2. The lowest BCUT2D eigenvalue weighted by atomic mass is 9.71. The lowest BCUT2D eigenvalue weighted by Gasteiger charge is -2.38. The average molecular weight is 762 g/mol. The normalized spacial score (nSPS) is 37.3. The summed E-state index contributed by atoms with van der Waals surface area (Å²) < 4.78 is 23.9. The SMILES string of the molecule is CCC(=O)[C@@H](CC)[C@@H](O)[C@H](C)C[C@@H](C)[C@H]1CC(=O)C[C@@]2(O)CC=C(C)[C@H](O2)/C(C)=C/CCC[C@@H](OC2CC(OC(N)=O)C(O)C(C)O2)/C=C/[C@H](C)C[C@H]1C. The maximum atomic E-state index is 13.9. The molecule has 3 aliphatic heterocycles. The Kier molecular flexibility index (Phi) is 18.1. The first-order chi connectivity index (χ1) is 25.4. The Hall–Kier alpha value is -2.41. The number of carbonyl (C=O) groups excluding carboxylic acids is 3. The Morgan fingerprint density at radius 2 is 1.76 bits per heavy atom. The van der Waals surface area contributed by atoms with E-state index in [0.717, 1.165) is 30.4 Å². The van der Waals surface area contributed by atoms with Gasteiger partial charge in [-0.2, -0.15) is 0 Å². The van der Waals surface area contributed by atoms with Gasteiger partial charge in [-0.15, -0.1) is 0 Å². The molecule has 3 rings (SSSR count). The number of primary amides is 1. The van der Waals surface area contributed by atoms with Gasteiger partial charge in [-0.3, -0.25) is 9.59 Å². The first-order valence-corrected chi connectivity index (χ1v) is 20.5. The average Bonchev–Trinajstić information content (AvgIpc) is 3.10. The zero-order valence-electron chi connectivity index (χ0n) is 34.4. The fourth-order valence-electron chi connectivity index (χ4n) is 8.85. The summed E-state index contributed by atoms with van der Waals surface area (Å²) in [5.74, 6) is -1.88. The first kappa shape index (κ1) is 46.0. The molecule has 1 amide bonds. The fourth-order valence-corrected chi connectivity index (χ4v) is 8.85. The van der Waals surface area contributed by atoms with Crippen molar-refractivity contribution in [3.63, 3.8) is 0 Å². The summed E-state index contributed by atoms with van der Waals surface area (Å²) in [5.41, 5.74) is 7.23. The van der Waals surface area contributed by atoms with Crippen molar-refractivity contribution in [2.24, 2.45) is 41.2 Å². The Morgan fingerprint density at radius 1 is 1.07 bits per heavy atom. The predicted molar refractivity (Wildman–Crippen MR) is 208 cm³/mol. The molecule has 0 radical (unpaired) electrons. The van der Waals surface area contributed by atoms with Crippen molar-refractivity contribution < 1.29 is 48.7 Å². The molecular weight excluding hydrogens is 690 g/mol. The number of ketones is 2. The van der Waals surface area contributed by atoms with Gasteiger partial charge in [0.15, 0.2) is 12.1 Å². The number of nitrogens with two attached hydrogens (primary N) is 1. The van der Waals surface area contributed by atoms with Gasteiger partial charge in [0, 0.05) is 31.6 Å². The van der Waals surface area contributed by atoms with Crippen molar-refractivity contribution in [3.05, 3.63) is 35.5 Å². The van der Waals surface area contributed by atoms with E-state index in [-0.39, 0.29) is 72.9 Å².